The number of benzene rings is 2. The minimum atomic E-state index is -3.65. The second-order valence-corrected chi connectivity index (χ2v) is 7.57. The number of rotatable bonds is 5. The zero-order valence-electron chi connectivity index (χ0n) is 12.8. The molecule has 5 nitrogen and oxygen atoms in total. The molecule has 0 atom stereocenters. The maximum Gasteiger partial charge on any atom is 0.261 e. The van der Waals surface area contributed by atoms with Gasteiger partial charge in [-0.05, 0) is 36.4 Å². The van der Waals surface area contributed by atoms with Gasteiger partial charge in [-0.25, -0.2) is 13.4 Å². The second-order valence-electron chi connectivity index (χ2n) is 5.07. The van der Waals surface area contributed by atoms with Crippen molar-refractivity contribution in [1.82, 2.24) is 4.98 Å². The maximum absolute atomic E-state index is 12.3. The molecule has 3 aromatic rings. The van der Waals surface area contributed by atoms with Crippen molar-refractivity contribution in [2.75, 3.05) is 10.0 Å². The van der Waals surface area contributed by atoms with Gasteiger partial charge >= 0.3 is 0 Å². The first-order valence-corrected chi connectivity index (χ1v) is 9.44. The van der Waals surface area contributed by atoms with Crippen LogP contribution in [-0.4, -0.2) is 13.4 Å². The third-order valence-corrected chi connectivity index (χ3v) is 5.31. The molecule has 0 unspecified atom stereocenters. The fourth-order valence-electron chi connectivity index (χ4n) is 2.09. The van der Waals surface area contributed by atoms with Gasteiger partial charge in [0.15, 0.2) is 0 Å². The van der Waals surface area contributed by atoms with Crippen LogP contribution in [0, 0.1) is 0 Å². The van der Waals surface area contributed by atoms with Crippen LogP contribution in [0.5, 0.6) is 0 Å². The lowest BCUT2D eigenvalue weighted by Gasteiger charge is -2.11. The van der Waals surface area contributed by atoms with Crippen molar-refractivity contribution in [3.8, 4) is 0 Å². The highest BCUT2D eigenvalue weighted by Gasteiger charge is 2.13. The number of hydrogen-bond acceptors (Lipinski definition) is 4. The number of halogens is 2. The first-order valence-electron chi connectivity index (χ1n) is 7.21. The van der Waals surface area contributed by atoms with Gasteiger partial charge in [0.05, 0.1) is 32.5 Å². The molecule has 2 aromatic carbocycles. The number of para-hydroxylation sites is 1. The minimum Gasteiger partial charge on any atom is -0.338 e. The molecule has 0 spiro atoms. The molecule has 0 saturated heterocycles. The number of pyridine rings is 1. The Bertz CT molecular complexity index is 958. The lowest BCUT2D eigenvalue weighted by molar-refractivity contribution is 0.601. The predicted octanol–water partition coefficient (Wildman–Crippen LogP) is 4.93. The Kier molecular flexibility index (Phi) is 5.13. The molecule has 25 heavy (non-hydrogen) atoms. The molecule has 0 aliphatic rings. The Hall–Kier alpha value is -2.28. The van der Waals surface area contributed by atoms with Crippen LogP contribution < -0.4 is 10.0 Å². The molecule has 0 aliphatic carbocycles. The Morgan fingerprint density at radius 3 is 2.12 bits per heavy atom. The summed E-state index contributed by atoms with van der Waals surface area (Å²) < 4.78 is 27.0. The van der Waals surface area contributed by atoms with E-state index in [4.69, 9.17) is 23.2 Å². The van der Waals surface area contributed by atoms with Gasteiger partial charge in [-0.15, -0.1) is 0 Å². The van der Waals surface area contributed by atoms with Gasteiger partial charge in [-0.1, -0.05) is 47.5 Å². The molecule has 0 amide bonds. The van der Waals surface area contributed by atoms with E-state index in [1.807, 2.05) is 0 Å². The summed E-state index contributed by atoms with van der Waals surface area (Å²) in [4.78, 5) is 4.36. The SMILES string of the molecule is O=S(=O)(Nc1ccc(Nc2c(Cl)cccc2Cl)nc1)c1ccccc1. The Morgan fingerprint density at radius 1 is 0.840 bits per heavy atom. The van der Waals surface area contributed by atoms with Crippen LogP contribution in [0.2, 0.25) is 10.0 Å². The van der Waals surface area contributed by atoms with E-state index in [-0.39, 0.29) is 4.90 Å². The third-order valence-electron chi connectivity index (χ3n) is 3.29. The monoisotopic (exact) mass is 393 g/mol. The summed E-state index contributed by atoms with van der Waals surface area (Å²) >= 11 is 12.2. The van der Waals surface area contributed by atoms with Crippen molar-refractivity contribution in [1.29, 1.82) is 0 Å². The molecule has 1 aromatic heterocycles. The molecule has 0 aliphatic heterocycles. The van der Waals surface area contributed by atoms with E-state index in [0.717, 1.165) is 0 Å². The summed E-state index contributed by atoms with van der Waals surface area (Å²) in [5.41, 5.74) is 0.885. The molecule has 3 rings (SSSR count). The molecule has 128 valence electrons. The Morgan fingerprint density at radius 2 is 1.52 bits per heavy atom. The number of hydrogen-bond donors (Lipinski definition) is 2. The van der Waals surface area contributed by atoms with Crippen LogP contribution in [-0.2, 0) is 10.0 Å². The summed E-state index contributed by atoms with van der Waals surface area (Å²) in [6.45, 7) is 0. The molecule has 1 heterocycles. The zero-order chi connectivity index (χ0) is 17.9. The molecular formula is C17H13Cl2N3O2S. The quantitative estimate of drug-likeness (QED) is 0.644. The molecule has 2 N–H and O–H groups in total. The van der Waals surface area contributed by atoms with Crippen LogP contribution in [0.4, 0.5) is 17.2 Å². The number of aromatic nitrogens is 1. The first kappa shape index (κ1) is 17.5. The molecule has 0 bridgehead atoms. The molecular weight excluding hydrogens is 381 g/mol. The molecule has 0 saturated carbocycles. The summed E-state index contributed by atoms with van der Waals surface area (Å²) in [5.74, 6) is 0.484. The lowest BCUT2D eigenvalue weighted by Crippen LogP contribution is -2.13. The predicted molar refractivity (Wildman–Crippen MR) is 101 cm³/mol. The van der Waals surface area contributed by atoms with Crippen molar-refractivity contribution in [3.63, 3.8) is 0 Å². The third kappa shape index (κ3) is 4.22. The molecule has 8 heteroatoms. The van der Waals surface area contributed by atoms with Crippen molar-refractivity contribution >= 4 is 50.4 Å². The van der Waals surface area contributed by atoms with Crippen LogP contribution in [0.1, 0.15) is 0 Å². The summed E-state index contributed by atoms with van der Waals surface area (Å²) in [6.07, 6.45) is 1.41. The van der Waals surface area contributed by atoms with E-state index < -0.39 is 10.0 Å². The van der Waals surface area contributed by atoms with Gasteiger partial charge in [-0.3, -0.25) is 4.72 Å². The van der Waals surface area contributed by atoms with Crippen molar-refractivity contribution < 1.29 is 8.42 Å². The normalized spacial score (nSPS) is 11.1. The van der Waals surface area contributed by atoms with Crippen molar-refractivity contribution in [2.24, 2.45) is 0 Å². The average molecular weight is 394 g/mol. The van der Waals surface area contributed by atoms with Gasteiger partial charge < -0.3 is 5.32 Å². The highest BCUT2D eigenvalue weighted by molar-refractivity contribution is 7.92. The maximum atomic E-state index is 12.3. The van der Waals surface area contributed by atoms with Gasteiger partial charge in [0.2, 0.25) is 0 Å². The highest BCUT2D eigenvalue weighted by Crippen LogP contribution is 2.32. The number of nitrogens with zero attached hydrogens (tertiary/aromatic N) is 1. The number of anilines is 3. The standard InChI is InChI=1S/C17H13Cl2N3O2S/c18-14-7-4-8-15(19)17(14)21-16-10-9-12(11-20-16)22-25(23,24)13-5-2-1-3-6-13/h1-11,22H,(H,20,21). The van der Waals surface area contributed by atoms with Gasteiger partial charge in [0.25, 0.3) is 10.0 Å². The summed E-state index contributed by atoms with van der Waals surface area (Å²) in [5, 5.41) is 3.93. The average Bonchev–Trinajstić information content (AvgIpc) is 2.60. The van der Waals surface area contributed by atoms with Crippen LogP contribution in [0.3, 0.4) is 0 Å². The van der Waals surface area contributed by atoms with Crippen LogP contribution >= 0.6 is 23.2 Å². The van der Waals surface area contributed by atoms with Crippen molar-refractivity contribution in [2.45, 2.75) is 4.90 Å². The lowest BCUT2D eigenvalue weighted by atomic mass is 10.3. The van der Waals surface area contributed by atoms with E-state index in [1.54, 1.807) is 48.5 Å². The highest BCUT2D eigenvalue weighted by atomic mass is 35.5. The van der Waals surface area contributed by atoms with Gasteiger partial charge in [-0.2, -0.15) is 0 Å². The van der Waals surface area contributed by atoms with E-state index in [9.17, 15) is 8.42 Å². The van der Waals surface area contributed by atoms with E-state index in [1.165, 1.54) is 18.3 Å². The molecule has 0 radical (unpaired) electrons. The Labute approximate surface area is 155 Å². The zero-order valence-corrected chi connectivity index (χ0v) is 15.1. The number of nitrogens with one attached hydrogen (secondary N) is 2. The van der Waals surface area contributed by atoms with Crippen molar-refractivity contribution in [3.05, 3.63) is 76.9 Å². The summed E-state index contributed by atoms with van der Waals surface area (Å²) in [7, 11) is -3.65. The largest absolute Gasteiger partial charge is 0.338 e. The Balaban J connectivity index is 1.77. The van der Waals surface area contributed by atoms with Gasteiger partial charge in [0.1, 0.15) is 5.82 Å². The van der Waals surface area contributed by atoms with E-state index >= 15 is 0 Å². The smallest absolute Gasteiger partial charge is 0.261 e. The second kappa shape index (κ2) is 7.31. The van der Waals surface area contributed by atoms with Crippen LogP contribution in [0.25, 0.3) is 0 Å². The van der Waals surface area contributed by atoms with E-state index in [2.05, 4.69) is 15.0 Å². The number of sulfonamides is 1. The van der Waals surface area contributed by atoms with Crippen LogP contribution in [0.15, 0.2) is 71.8 Å². The fourth-order valence-corrected chi connectivity index (χ4v) is 3.64. The fraction of sp³-hybridized carbons (Fsp3) is 0. The topological polar surface area (TPSA) is 71.1 Å². The van der Waals surface area contributed by atoms with Gasteiger partial charge in [0, 0.05) is 0 Å². The molecule has 0 fully saturated rings. The first-order chi connectivity index (χ1) is 12.0. The minimum absolute atomic E-state index is 0.181. The van der Waals surface area contributed by atoms with E-state index in [0.29, 0.717) is 27.2 Å². The summed E-state index contributed by atoms with van der Waals surface area (Å²) in [6, 6.07) is 16.5.